The van der Waals surface area contributed by atoms with Gasteiger partial charge in [-0.3, -0.25) is 4.79 Å². The van der Waals surface area contributed by atoms with Gasteiger partial charge in [-0.25, -0.2) is 4.79 Å². The fourth-order valence-electron chi connectivity index (χ4n) is 0.890. The van der Waals surface area contributed by atoms with Crippen molar-refractivity contribution in [1.29, 1.82) is 0 Å². The second-order valence-electron chi connectivity index (χ2n) is 2.82. The van der Waals surface area contributed by atoms with Crippen LogP contribution in [0.15, 0.2) is 11.6 Å². The van der Waals surface area contributed by atoms with E-state index < -0.39 is 23.5 Å². The Bertz CT molecular complexity index is 307. The zero-order valence-corrected chi connectivity index (χ0v) is 9.47. The van der Waals surface area contributed by atoms with E-state index in [4.69, 9.17) is 4.74 Å². The molecule has 0 spiro atoms. The molecule has 0 bridgehead atoms. The summed E-state index contributed by atoms with van der Waals surface area (Å²) in [6.45, 7) is 2.94. The first-order chi connectivity index (χ1) is 7.84. The van der Waals surface area contributed by atoms with E-state index in [9.17, 15) is 22.8 Å². The molecule has 0 radical (unpaired) electrons. The summed E-state index contributed by atoms with van der Waals surface area (Å²) in [6, 6.07) is 0. The van der Waals surface area contributed by atoms with Gasteiger partial charge in [0.05, 0.1) is 13.2 Å². The smallest absolute Gasteiger partial charge is 0.455 e. The Kier molecular flexibility index (Phi) is 6.48. The SMILES string of the molecule is CCOC/C=C(\C(=O)OCC)C(=O)C(F)(F)F. The molecular weight excluding hydrogens is 241 g/mol. The summed E-state index contributed by atoms with van der Waals surface area (Å²) in [7, 11) is 0. The molecule has 0 heterocycles. The highest BCUT2D eigenvalue weighted by atomic mass is 19.4. The van der Waals surface area contributed by atoms with Gasteiger partial charge >= 0.3 is 12.1 Å². The van der Waals surface area contributed by atoms with Gasteiger partial charge < -0.3 is 9.47 Å². The number of Topliss-reactive ketones (excluding diaryl/α,β-unsaturated/α-hetero) is 1. The Morgan fingerprint density at radius 2 is 1.76 bits per heavy atom. The second kappa shape index (κ2) is 7.05. The Balaban J connectivity index is 4.91. The standard InChI is InChI=1S/C10H13F3O4/c1-3-16-6-5-7(9(15)17-4-2)8(14)10(11,12)13/h5H,3-4,6H2,1-2H3/b7-5-. The number of esters is 1. The molecule has 0 saturated carbocycles. The maximum Gasteiger partial charge on any atom is 0.455 e. The molecule has 0 aliphatic carbocycles. The maximum atomic E-state index is 12.2. The average Bonchev–Trinajstić information content (AvgIpc) is 2.22. The summed E-state index contributed by atoms with van der Waals surface area (Å²) in [5.74, 6) is -3.52. The number of alkyl halides is 3. The topological polar surface area (TPSA) is 52.6 Å². The zero-order chi connectivity index (χ0) is 13.5. The van der Waals surface area contributed by atoms with E-state index in [-0.39, 0.29) is 19.8 Å². The summed E-state index contributed by atoms with van der Waals surface area (Å²) < 4.78 is 45.6. The largest absolute Gasteiger partial charge is 0.462 e. The van der Waals surface area contributed by atoms with Crippen LogP contribution in [0, 0.1) is 0 Å². The first-order valence-corrected chi connectivity index (χ1v) is 4.91. The predicted octanol–water partition coefficient (Wildman–Crippen LogP) is 1.64. The van der Waals surface area contributed by atoms with Crippen molar-refractivity contribution in [3.63, 3.8) is 0 Å². The van der Waals surface area contributed by atoms with Crippen LogP contribution in [0.1, 0.15) is 13.8 Å². The lowest BCUT2D eigenvalue weighted by Crippen LogP contribution is -2.29. The van der Waals surface area contributed by atoms with E-state index in [0.29, 0.717) is 0 Å². The van der Waals surface area contributed by atoms with Crippen LogP contribution in [0.2, 0.25) is 0 Å². The summed E-state index contributed by atoms with van der Waals surface area (Å²) in [5.41, 5.74) is -1.05. The molecule has 0 aliphatic rings. The quantitative estimate of drug-likeness (QED) is 0.238. The number of rotatable bonds is 6. The molecule has 98 valence electrons. The van der Waals surface area contributed by atoms with Crippen molar-refractivity contribution in [3.8, 4) is 0 Å². The Morgan fingerprint density at radius 1 is 1.18 bits per heavy atom. The van der Waals surface area contributed by atoms with Crippen LogP contribution in [-0.2, 0) is 19.1 Å². The molecule has 0 aromatic heterocycles. The van der Waals surface area contributed by atoms with E-state index in [2.05, 4.69) is 4.74 Å². The number of halogens is 3. The third-order valence-corrected chi connectivity index (χ3v) is 1.61. The van der Waals surface area contributed by atoms with Crippen LogP contribution in [0.4, 0.5) is 13.2 Å². The lowest BCUT2D eigenvalue weighted by molar-refractivity contribution is -0.168. The third-order valence-electron chi connectivity index (χ3n) is 1.61. The molecule has 0 rings (SSSR count). The number of ketones is 1. The molecule has 0 unspecified atom stereocenters. The number of hydrogen-bond acceptors (Lipinski definition) is 4. The van der Waals surface area contributed by atoms with Crippen LogP contribution >= 0.6 is 0 Å². The fraction of sp³-hybridized carbons (Fsp3) is 0.600. The minimum atomic E-state index is -5.11. The molecule has 7 heteroatoms. The molecule has 0 fully saturated rings. The maximum absolute atomic E-state index is 12.2. The summed E-state index contributed by atoms with van der Waals surface area (Å²) in [6.07, 6.45) is -4.33. The first-order valence-electron chi connectivity index (χ1n) is 4.91. The lowest BCUT2D eigenvalue weighted by atomic mass is 10.1. The third kappa shape index (κ3) is 5.48. The normalized spacial score (nSPS) is 12.4. The van der Waals surface area contributed by atoms with E-state index in [0.717, 1.165) is 6.08 Å². The van der Waals surface area contributed by atoms with Crippen molar-refractivity contribution in [1.82, 2.24) is 0 Å². The van der Waals surface area contributed by atoms with Gasteiger partial charge in [0, 0.05) is 6.61 Å². The molecule has 0 N–H and O–H groups in total. The first kappa shape index (κ1) is 15.6. The van der Waals surface area contributed by atoms with Gasteiger partial charge in [0.25, 0.3) is 5.78 Å². The predicted molar refractivity (Wildman–Crippen MR) is 52.3 cm³/mol. The van der Waals surface area contributed by atoms with Gasteiger partial charge in [-0.05, 0) is 19.9 Å². The van der Waals surface area contributed by atoms with Crippen molar-refractivity contribution in [2.45, 2.75) is 20.0 Å². The number of carbonyl (C=O) groups excluding carboxylic acids is 2. The van der Waals surface area contributed by atoms with Crippen molar-refractivity contribution < 1.29 is 32.2 Å². The Hall–Kier alpha value is -1.37. The monoisotopic (exact) mass is 254 g/mol. The van der Waals surface area contributed by atoms with Gasteiger partial charge in [0.1, 0.15) is 5.57 Å². The molecule has 0 atom stereocenters. The van der Waals surface area contributed by atoms with E-state index in [1.54, 1.807) is 6.92 Å². The molecule has 0 aliphatic heterocycles. The Morgan fingerprint density at radius 3 is 2.18 bits per heavy atom. The summed E-state index contributed by atoms with van der Waals surface area (Å²) in [4.78, 5) is 22.1. The van der Waals surface area contributed by atoms with Crippen LogP contribution in [0.5, 0.6) is 0 Å². The van der Waals surface area contributed by atoms with Gasteiger partial charge in [-0.15, -0.1) is 0 Å². The van der Waals surface area contributed by atoms with E-state index in [1.807, 2.05) is 0 Å². The molecule has 0 aromatic carbocycles. The van der Waals surface area contributed by atoms with Crippen LogP contribution < -0.4 is 0 Å². The van der Waals surface area contributed by atoms with Crippen LogP contribution in [0.25, 0.3) is 0 Å². The van der Waals surface area contributed by atoms with Crippen molar-refractivity contribution >= 4 is 11.8 Å². The van der Waals surface area contributed by atoms with Crippen LogP contribution in [-0.4, -0.2) is 37.7 Å². The number of carbonyl (C=O) groups is 2. The fourth-order valence-corrected chi connectivity index (χ4v) is 0.890. The van der Waals surface area contributed by atoms with Gasteiger partial charge in [-0.2, -0.15) is 13.2 Å². The van der Waals surface area contributed by atoms with Crippen molar-refractivity contribution in [2.24, 2.45) is 0 Å². The minimum absolute atomic E-state index is 0.115. The van der Waals surface area contributed by atoms with Crippen molar-refractivity contribution in [2.75, 3.05) is 19.8 Å². The van der Waals surface area contributed by atoms with Gasteiger partial charge in [-0.1, -0.05) is 0 Å². The number of ether oxygens (including phenoxy) is 2. The zero-order valence-electron chi connectivity index (χ0n) is 9.47. The number of hydrogen-bond donors (Lipinski definition) is 0. The summed E-state index contributed by atoms with van der Waals surface area (Å²) >= 11 is 0. The highest BCUT2D eigenvalue weighted by Crippen LogP contribution is 2.21. The second-order valence-corrected chi connectivity index (χ2v) is 2.82. The average molecular weight is 254 g/mol. The minimum Gasteiger partial charge on any atom is -0.462 e. The Labute approximate surface area is 96.4 Å². The van der Waals surface area contributed by atoms with Gasteiger partial charge in [0.15, 0.2) is 0 Å². The molecule has 4 nitrogen and oxygen atoms in total. The molecule has 17 heavy (non-hydrogen) atoms. The summed E-state index contributed by atoms with van der Waals surface area (Å²) in [5, 5.41) is 0. The highest BCUT2D eigenvalue weighted by Gasteiger charge is 2.43. The van der Waals surface area contributed by atoms with Crippen molar-refractivity contribution in [3.05, 3.63) is 11.6 Å². The molecule has 0 amide bonds. The van der Waals surface area contributed by atoms with Crippen LogP contribution in [0.3, 0.4) is 0 Å². The van der Waals surface area contributed by atoms with E-state index >= 15 is 0 Å². The lowest BCUT2D eigenvalue weighted by Gasteiger charge is -2.08. The molecule has 0 aromatic rings. The van der Waals surface area contributed by atoms with E-state index in [1.165, 1.54) is 6.92 Å². The van der Waals surface area contributed by atoms with Gasteiger partial charge in [0.2, 0.25) is 0 Å². The molecule has 0 saturated heterocycles. The molecular formula is C10H13F3O4. The highest BCUT2D eigenvalue weighted by molar-refractivity contribution is 6.19.